The van der Waals surface area contributed by atoms with Crippen LogP contribution >= 0.6 is 0 Å². The number of rotatable bonds is 11. The SMILES string of the molecule is CN/C(=C\c1cnn2c(NCC3CC3)cc(NCC(C)(C)CO)nc12)C(=O)NC=O. The molecule has 10 nitrogen and oxygen atoms in total. The number of hydrogen-bond acceptors (Lipinski definition) is 8. The molecule has 2 aromatic heterocycles. The quantitative estimate of drug-likeness (QED) is 0.269. The van der Waals surface area contributed by atoms with Crippen LogP contribution in [0.25, 0.3) is 11.7 Å². The fraction of sp³-hybridized carbons (Fsp3) is 0.500. The van der Waals surface area contributed by atoms with Gasteiger partial charge in [0.1, 0.15) is 17.3 Å². The molecule has 0 bridgehead atoms. The zero-order valence-corrected chi connectivity index (χ0v) is 17.5. The summed E-state index contributed by atoms with van der Waals surface area (Å²) in [5.41, 5.74) is 1.10. The van der Waals surface area contributed by atoms with Gasteiger partial charge < -0.3 is 21.1 Å². The number of amides is 2. The van der Waals surface area contributed by atoms with Gasteiger partial charge in [-0.2, -0.15) is 9.61 Å². The smallest absolute Gasteiger partial charge is 0.273 e. The minimum Gasteiger partial charge on any atom is -0.396 e. The summed E-state index contributed by atoms with van der Waals surface area (Å²) in [6, 6.07) is 1.89. The molecule has 30 heavy (non-hydrogen) atoms. The molecule has 3 rings (SSSR count). The van der Waals surface area contributed by atoms with Crippen molar-refractivity contribution < 1.29 is 14.7 Å². The summed E-state index contributed by atoms with van der Waals surface area (Å²) in [7, 11) is 1.60. The van der Waals surface area contributed by atoms with E-state index >= 15 is 0 Å². The zero-order chi connectivity index (χ0) is 21.7. The summed E-state index contributed by atoms with van der Waals surface area (Å²) in [5.74, 6) is 1.56. The van der Waals surface area contributed by atoms with Gasteiger partial charge >= 0.3 is 0 Å². The third-order valence-corrected chi connectivity index (χ3v) is 4.95. The fourth-order valence-electron chi connectivity index (χ4n) is 2.79. The molecule has 162 valence electrons. The Labute approximate surface area is 175 Å². The van der Waals surface area contributed by atoms with Crippen LogP contribution in [0.15, 0.2) is 18.0 Å². The normalized spacial score (nSPS) is 14.5. The minimum atomic E-state index is -0.544. The monoisotopic (exact) mass is 415 g/mol. The van der Waals surface area contributed by atoms with Gasteiger partial charge in [-0.15, -0.1) is 0 Å². The first-order valence-electron chi connectivity index (χ1n) is 9.98. The number of aliphatic hydroxyl groups excluding tert-OH is 1. The largest absolute Gasteiger partial charge is 0.396 e. The summed E-state index contributed by atoms with van der Waals surface area (Å²) < 4.78 is 1.70. The Kier molecular flexibility index (Phi) is 6.56. The van der Waals surface area contributed by atoms with Crippen molar-refractivity contribution in [2.24, 2.45) is 11.3 Å². The van der Waals surface area contributed by atoms with Gasteiger partial charge in [-0.05, 0) is 24.8 Å². The molecule has 1 aliphatic rings. The predicted molar refractivity (Wildman–Crippen MR) is 115 cm³/mol. The Morgan fingerprint density at radius 1 is 1.37 bits per heavy atom. The zero-order valence-electron chi connectivity index (χ0n) is 17.5. The second-order valence-electron chi connectivity index (χ2n) is 8.26. The lowest BCUT2D eigenvalue weighted by molar-refractivity contribution is -0.122. The molecule has 2 aromatic rings. The van der Waals surface area contributed by atoms with Crippen molar-refractivity contribution in [2.45, 2.75) is 26.7 Å². The van der Waals surface area contributed by atoms with E-state index < -0.39 is 5.91 Å². The van der Waals surface area contributed by atoms with Crippen LogP contribution in [0.5, 0.6) is 0 Å². The highest BCUT2D eigenvalue weighted by Gasteiger charge is 2.22. The summed E-state index contributed by atoms with van der Waals surface area (Å²) in [6.07, 6.45) is 6.01. The molecule has 2 heterocycles. The molecule has 1 fully saturated rings. The van der Waals surface area contributed by atoms with Gasteiger partial charge in [0, 0.05) is 43.8 Å². The van der Waals surface area contributed by atoms with Crippen molar-refractivity contribution in [3.05, 3.63) is 23.5 Å². The molecule has 0 aromatic carbocycles. The van der Waals surface area contributed by atoms with Gasteiger partial charge in [0.05, 0.1) is 6.20 Å². The number of fused-ring (bicyclic) bond motifs is 1. The average Bonchev–Trinajstić information content (AvgIpc) is 3.48. The summed E-state index contributed by atoms with van der Waals surface area (Å²) >= 11 is 0. The Morgan fingerprint density at radius 2 is 2.13 bits per heavy atom. The summed E-state index contributed by atoms with van der Waals surface area (Å²) in [6.45, 7) is 5.37. The summed E-state index contributed by atoms with van der Waals surface area (Å²) in [4.78, 5) is 27.3. The van der Waals surface area contributed by atoms with E-state index in [9.17, 15) is 14.7 Å². The van der Waals surface area contributed by atoms with E-state index in [1.807, 2.05) is 19.9 Å². The van der Waals surface area contributed by atoms with Crippen LogP contribution in [0.2, 0.25) is 0 Å². The van der Waals surface area contributed by atoms with E-state index in [1.165, 1.54) is 12.8 Å². The van der Waals surface area contributed by atoms with Gasteiger partial charge in [0.25, 0.3) is 5.91 Å². The molecule has 0 radical (unpaired) electrons. The highest BCUT2D eigenvalue weighted by molar-refractivity contribution is 6.02. The van der Waals surface area contributed by atoms with E-state index in [-0.39, 0.29) is 17.7 Å². The van der Waals surface area contributed by atoms with Crippen molar-refractivity contribution in [2.75, 3.05) is 37.4 Å². The number of nitrogens with zero attached hydrogens (tertiary/aromatic N) is 3. The van der Waals surface area contributed by atoms with E-state index in [1.54, 1.807) is 23.8 Å². The Balaban J connectivity index is 1.97. The van der Waals surface area contributed by atoms with Crippen molar-refractivity contribution >= 4 is 35.7 Å². The molecular weight excluding hydrogens is 386 g/mol. The third kappa shape index (κ3) is 5.26. The van der Waals surface area contributed by atoms with Crippen molar-refractivity contribution in [3.8, 4) is 0 Å². The average molecular weight is 415 g/mol. The van der Waals surface area contributed by atoms with Crippen molar-refractivity contribution in [3.63, 3.8) is 0 Å². The number of imide groups is 1. The maximum Gasteiger partial charge on any atom is 0.273 e. The number of aromatic nitrogens is 3. The molecule has 10 heteroatoms. The number of nitrogens with one attached hydrogen (secondary N) is 4. The first-order valence-corrected chi connectivity index (χ1v) is 9.98. The first-order chi connectivity index (χ1) is 14.4. The molecule has 2 amide bonds. The number of anilines is 2. The van der Waals surface area contributed by atoms with Crippen LogP contribution < -0.4 is 21.3 Å². The van der Waals surface area contributed by atoms with E-state index in [0.29, 0.717) is 35.9 Å². The molecule has 0 saturated heterocycles. The maximum atomic E-state index is 12.0. The topological polar surface area (TPSA) is 133 Å². The fourth-order valence-corrected chi connectivity index (χ4v) is 2.79. The molecule has 0 spiro atoms. The van der Waals surface area contributed by atoms with E-state index in [2.05, 4.69) is 31.3 Å². The van der Waals surface area contributed by atoms with E-state index in [0.717, 1.165) is 12.4 Å². The highest BCUT2D eigenvalue weighted by Crippen LogP contribution is 2.29. The van der Waals surface area contributed by atoms with E-state index in [4.69, 9.17) is 0 Å². The number of hydrogen-bond donors (Lipinski definition) is 5. The van der Waals surface area contributed by atoms with Crippen LogP contribution in [0.4, 0.5) is 11.6 Å². The van der Waals surface area contributed by atoms with Crippen LogP contribution in [0, 0.1) is 11.3 Å². The Bertz CT molecular complexity index is 947. The first kappa shape index (κ1) is 21.6. The lowest BCUT2D eigenvalue weighted by Crippen LogP contribution is -2.28. The van der Waals surface area contributed by atoms with Gasteiger partial charge in [0.15, 0.2) is 5.65 Å². The molecule has 0 aliphatic heterocycles. The van der Waals surface area contributed by atoms with Crippen molar-refractivity contribution in [1.29, 1.82) is 0 Å². The standard InChI is InChI=1S/C20H29N7O3/c1-20(2,11-28)10-23-16-7-17(22-8-13-4-5-13)27-18(26-16)14(9-25-27)6-15(21-3)19(30)24-12-29/h6-7,9,12-13,21-22,28H,4-5,8,10-11H2,1-3H3,(H,23,26)(H,24,29,30)/b15-6-. The molecule has 0 unspecified atom stereocenters. The molecule has 1 aliphatic carbocycles. The Hall–Kier alpha value is -3.14. The van der Waals surface area contributed by atoms with Crippen LogP contribution in [0.1, 0.15) is 32.3 Å². The lowest BCUT2D eigenvalue weighted by Gasteiger charge is -2.22. The molecular formula is C20H29N7O3. The summed E-state index contributed by atoms with van der Waals surface area (Å²) in [5, 5.41) is 25.6. The number of likely N-dealkylation sites (N-methyl/N-ethyl adjacent to an activating group) is 1. The van der Waals surface area contributed by atoms with Gasteiger partial charge in [0.2, 0.25) is 6.41 Å². The predicted octanol–water partition coefficient (Wildman–Crippen LogP) is 0.815. The number of carbonyl (C=O) groups excluding carboxylic acids is 2. The second-order valence-corrected chi connectivity index (χ2v) is 8.26. The van der Waals surface area contributed by atoms with Gasteiger partial charge in [-0.25, -0.2) is 4.98 Å². The maximum absolute atomic E-state index is 12.0. The third-order valence-electron chi connectivity index (χ3n) is 4.95. The second kappa shape index (κ2) is 9.12. The Morgan fingerprint density at radius 3 is 2.77 bits per heavy atom. The molecule has 5 N–H and O–H groups in total. The van der Waals surface area contributed by atoms with Crippen LogP contribution in [-0.2, 0) is 9.59 Å². The minimum absolute atomic E-state index is 0.0487. The van der Waals surface area contributed by atoms with Crippen LogP contribution in [-0.4, -0.2) is 58.8 Å². The number of carbonyl (C=O) groups is 2. The number of aliphatic hydroxyl groups is 1. The highest BCUT2D eigenvalue weighted by atomic mass is 16.3. The van der Waals surface area contributed by atoms with Gasteiger partial charge in [-0.1, -0.05) is 13.8 Å². The van der Waals surface area contributed by atoms with Crippen LogP contribution in [0.3, 0.4) is 0 Å². The lowest BCUT2D eigenvalue weighted by atomic mass is 9.95. The molecule has 1 saturated carbocycles. The molecule has 0 atom stereocenters. The van der Waals surface area contributed by atoms with Gasteiger partial charge in [-0.3, -0.25) is 14.9 Å². The van der Waals surface area contributed by atoms with Crippen molar-refractivity contribution in [1.82, 2.24) is 25.2 Å².